The molecule has 0 fully saturated rings. The molecule has 0 saturated carbocycles. The van der Waals surface area contributed by atoms with Crippen molar-refractivity contribution in [3.8, 4) is 22.6 Å². The van der Waals surface area contributed by atoms with Crippen molar-refractivity contribution >= 4 is 6.09 Å². The molecule has 168 valence electrons. The van der Waals surface area contributed by atoms with Gasteiger partial charge in [0.1, 0.15) is 5.75 Å². The van der Waals surface area contributed by atoms with Gasteiger partial charge in [-0.2, -0.15) is 4.68 Å². The number of tetrazole rings is 1. The predicted molar refractivity (Wildman–Crippen MR) is 125 cm³/mol. The number of rotatable bonds is 6. The Kier molecular flexibility index (Phi) is 6.44. The molecular formula is C25H26N6O2. The van der Waals surface area contributed by atoms with Crippen LogP contribution in [0.2, 0.25) is 0 Å². The molecule has 2 aromatic heterocycles. The summed E-state index contributed by atoms with van der Waals surface area (Å²) >= 11 is 0. The Morgan fingerprint density at radius 3 is 2.55 bits per heavy atom. The number of nitrogens with zero attached hydrogens (tertiary/aromatic N) is 5. The zero-order valence-electron chi connectivity index (χ0n) is 19.1. The lowest BCUT2D eigenvalue weighted by atomic mass is 10.0. The summed E-state index contributed by atoms with van der Waals surface area (Å²) in [7, 11) is 0. The van der Waals surface area contributed by atoms with Gasteiger partial charge in [0.25, 0.3) is 0 Å². The van der Waals surface area contributed by atoms with Crippen LogP contribution in [0.25, 0.3) is 16.8 Å². The normalized spacial score (nSPS) is 10.9. The standard InChI is InChI=1S/C25H26N6O2/c1-16(2)24-28-29-30-31(24)22-12-20(19-10-8-17(3)9-11-19)13-23(14-22)33-25(32)26-15-21-7-5-6-18(4)27-21/h5-14,16H,15H2,1-4H3,(H,26,32). The zero-order chi connectivity index (χ0) is 23.4. The van der Waals surface area contributed by atoms with Crippen LogP contribution in [0.1, 0.15) is 42.5 Å². The molecule has 0 unspecified atom stereocenters. The highest BCUT2D eigenvalue weighted by Crippen LogP contribution is 2.29. The van der Waals surface area contributed by atoms with Gasteiger partial charge in [-0.25, -0.2) is 4.79 Å². The molecule has 2 heterocycles. The van der Waals surface area contributed by atoms with E-state index in [9.17, 15) is 4.79 Å². The number of hydrogen-bond acceptors (Lipinski definition) is 6. The van der Waals surface area contributed by atoms with Crippen LogP contribution in [-0.4, -0.2) is 31.3 Å². The third-order valence-electron chi connectivity index (χ3n) is 5.10. The highest BCUT2D eigenvalue weighted by molar-refractivity contribution is 5.73. The number of carbonyl (C=O) groups excluding carboxylic acids is 1. The molecule has 0 atom stereocenters. The fraction of sp³-hybridized carbons (Fsp3) is 0.240. The second kappa shape index (κ2) is 9.60. The maximum absolute atomic E-state index is 12.5. The minimum atomic E-state index is -0.564. The lowest BCUT2D eigenvalue weighted by Gasteiger charge is -2.13. The minimum absolute atomic E-state index is 0.123. The van der Waals surface area contributed by atoms with E-state index in [1.807, 2.05) is 82.3 Å². The van der Waals surface area contributed by atoms with Gasteiger partial charge in [0.15, 0.2) is 5.82 Å². The Balaban J connectivity index is 1.63. The van der Waals surface area contributed by atoms with Crippen molar-refractivity contribution in [2.45, 2.75) is 40.2 Å². The Bertz CT molecular complexity index is 1260. The van der Waals surface area contributed by atoms with E-state index in [0.29, 0.717) is 11.4 Å². The van der Waals surface area contributed by atoms with Crippen molar-refractivity contribution < 1.29 is 9.53 Å². The fourth-order valence-corrected chi connectivity index (χ4v) is 3.42. The number of ether oxygens (including phenoxy) is 1. The summed E-state index contributed by atoms with van der Waals surface area (Å²) in [6.07, 6.45) is -0.564. The van der Waals surface area contributed by atoms with E-state index in [2.05, 4.69) is 25.8 Å². The molecule has 0 saturated heterocycles. The quantitative estimate of drug-likeness (QED) is 0.463. The second-order valence-corrected chi connectivity index (χ2v) is 8.20. The molecular weight excluding hydrogens is 416 g/mol. The van der Waals surface area contributed by atoms with Gasteiger partial charge >= 0.3 is 6.09 Å². The SMILES string of the molecule is Cc1ccc(-c2cc(OC(=O)NCc3cccc(C)n3)cc(-n3nnnc3C(C)C)c2)cc1. The highest BCUT2D eigenvalue weighted by Gasteiger charge is 2.15. The van der Waals surface area contributed by atoms with Gasteiger partial charge in [0.05, 0.1) is 17.9 Å². The van der Waals surface area contributed by atoms with E-state index in [1.165, 1.54) is 0 Å². The third kappa shape index (κ3) is 5.41. The van der Waals surface area contributed by atoms with Crippen LogP contribution in [0.5, 0.6) is 5.75 Å². The minimum Gasteiger partial charge on any atom is -0.410 e. The summed E-state index contributed by atoms with van der Waals surface area (Å²) in [4.78, 5) is 16.9. The average Bonchev–Trinajstić information content (AvgIpc) is 3.29. The van der Waals surface area contributed by atoms with E-state index in [4.69, 9.17) is 4.74 Å². The third-order valence-corrected chi connectivity index (χ3v) is 5.10. The fourth-order valence-electron chi connectivity index (χ4n) is 3.42. The number of pyridine rings is 1. The Labute approximate surface area is 192 Å². The monoisotopic (exact) mass is 442 g/mol. The smallest absolute Gasteiger partial charge is 0.410 e. The molecule has 0 radical (unpaired) electrons. The zero-order valence-corrected chi connectivity index (χ0v) is 19.1. The largest absolute Gasteiger partial charge is 0.412 e. The van der Waals surface area contributed by atoms with Crippen LogP contribution in [0.4, 0.5) is 4.79 Å². The van der Waals surface area contributed by atoms with Crippen LogP contribution in [0.3, 0.4) is 0 Å². The molecule has 1 N–H and O–H groups in total. The summed E-state index contributed by atoms with van der Waals surface area (Å²) in [6.45, 7) is 8.27. The number of aryl methyl sites for hydroxylation is 2. The molecule has 8 nitrogen and oxygen atoms in total. The lowest BCUT2D eigenvalue weighted by Crippen LogP contribution is -2.26. The van der Waals surface area contributed by atoms with Gasteiger partial charge in [-0.1, -0.05) is 49.7 Å². The van der Waals surface area contributed by atoms with Crippen LogP contribution in [-0.2, 0) is 6.54 Å². The summed E-state index contributed by atoms with van der Waals surface area (Å²) in [6, 6.07) is 19.4. The number of benzene rings is 2. The number of carbonyl (C=O) groups is 1. The van der Waals surface area contributed by atoms with Crippen molar-refractivity contribution in [1.29, 1.82) is 0 Å². The first-order valence-electron chi connectivity index (χ1n) is 10.8. The van der Waals surface area contributed by atoms with E-state index < -0.39 is 6.09 Å². The first-order chi connectivity index (χ1) is 15.9. The molecule has 0 spiro atoms. The summed E-state index contributed by atoms with van der Waals surface area (Å²) in [5.74, 6) is 1.23. The molecule has 0 aliphatic carbocycles. The Hall–Kier alpha value is -4.07. The Morgan fingerprint density at radius 2 is 1.82 bits per heavy atom. The molecule has 0 aliphatic heterocycles. The second-order valence-electron chi connectivity index (χ2n) is 8.20. The molecule has 8 heteroatoms. The maximum Gasteiger partial charge on any atom is 0.412 e. The van der Waals surface area contributed by atoms with E-state index in [-0.39, 0.29) is 12.5 Å². The molecule has 33 heavy (non-hydrogen) atoms. The lowest BCUT2D eigenvalue weighted by molar-refractivity contribution is 0.200. The predicted octanol–water partition coefficient (Wildman–Crippen LogP) is 4.75. The molecule has 1 amide bonds. The van der Waals surface area contributed by atoms with Crippen LogP contribution in [0.15, 0.2) is 60.7 Å². The first kappa shape index (κ1) is 22.1. The van der Waals surface area contributed by atoms with Gasteiger partial charge in [-0.3, -0.25) is 4.98 Å². The number of hydrogen-bond donors (Lipinski definition) is 1. The van der Waals surface area contributed by atoms with Gasteiger partial charge < -0.3 is 10.1 Å². The molecule has 0 aliphatic rings. The average molecular weight is 443 g/mol. The maximum atomic E-state index is 12.5. The summed E-state index contributed by atoms with van der Waals surface area (Å²) in [5, 5.41) is 14.9. The van der Waals surface area contributed by atoms with Crippen molar-refractivity contribution in [1.82, 2.24) is 30.5 Å². The molecule has 0 bridgehead atoms. The van der Waals surface area contributed by atoms with Crippen molar-refractivity contribution in [2.75, 3.05) is 0 Å². The van der Waals surface area contributed by atoms with Crippen LogP contribution in [0, 0.1) is 13.8 Å². The number of amides is 1. The summed E-state index contributed by atoms with van der Waals surface area (Å²) < 4.78 is 7.30. The van der Waals surface area contributed by atoms with Crippen molar-refractivity contribution in [3.63, 3.8) is 0 Å². The number of aromatic nitrogens is 5. The van der Waals surface area contributed by atoms with Crippen LogP contribution >= 0.6 is 0 Å². The highest BCUT2D eigenvalue weighted by atomic mass is 16.6. The Morgan fingerprint density at radius 1 is 1.03 bits per heavy atom. The molecule has 4 aromatic rings. The van der Waals surface area contributed by atoms with Crippen LogP contribution < -0.4 is 10.1 Å². The van der Waals surface area contributed by atoms with Crippen molar-refractivity contribution in [3.05, 3.63) is 83.4 Å². The van der Waals surface area contributed by atoms with Gasteiger partial charge in [0.2, 0.25) is 0 Å². The molecule has 4 rings (SSSR count). The van der Waals surface area contributed by atoms with E-state index in [0.717, 1.165) is 33.9 Å². The van der Waals surface area contributed by atoms with E-state index >= 15 is 0 Å². The first-order valence-corrected chi connectivity index (χ1v) is 10.8. The molecule has 2 aromatic carbocycles. The van der Waals surface area contributed by atoms with E-state index in [1.54, 1.807) is 10.7 Å². The van der Waals surface area contributed by atoms with Gasteiger partial charge in [-0.05, 0) is 59.7 Å². The van der Waals surface area contributed by atoms with Gasteiger partial charge in [-0.15, -0.1) is 5.10 Å². The topological polar surface area (TPSA) is 94.8 Å². The summed E-state index contributed by atoms with van der Waals surface area (Å²) in [5.41, 5.74) is 5.41. The van der Waals surface area contributed by atoms with Gasteiger partial charge in [0, 0.05) is 17.7 Å². The number of nitrogens with one attached hydrogen (secondary N) is 1. The van der Waals surface area contributed by atoms with Crippen molar-refractivity contribution in [2.24, 2.45) is 0 Å².